The van der Waals surface area contributed by atoms with Crippen LogP contribution in [0.2, 0.25) is 0 Å². The lowest BCUT2D eigenvalue weighted by Gasteiger charge is -2.14. The third-order valence-corrected chi connectivity index (χ3v) is 4.78. The number of benzene rings is 1. The second-order valence-corrected chi connectivity index (χ2v) is 7.54. The largest absolute Gasteiger partial charge is 0.464 e. The van der Waals surface area contributed by atoms with Gasteiger partial charge in [0.2, 0.25) is 0 Å². The second kappa shape index (κ2) is 6.74. The fourth-order valence-electron chi connectivity index (χ4n) is 1.48. The summed E-state index contributed by atoms with van der Waals surface area (Å²) < 4.78 is 29.2. The number of ether oxygens (including phenoxy) is 1. The van der Waals surface area contributed by atoms with Crippen molar-refractivity contribution in [2.75, 3.05) is 12.3 Å². The highest BCUT2D eigenvalue weighted by molar-refractivity contribution is 7.92. The van der Waals surface area contributed by atoms with Crippen LogP contribution in [0.1, 0.15) is 26.3 Å². The Kier molecular flexibility index (Phi) is 5.56. The molecule has 0 spiro atoms. The second-order valence-electron chi connectivity index (χ2n) is 5.21. The van der Waals surface area contributed by atoms with Gasteiger partial charge in [0.15, 0.2) is 15.1 Å². The number of rotatable bonds is 6. The fourth-order valence-corrected chi connectivity index (χ4v) is 2.75. The molecule has 1 atom stereocenters. The lowest BCUT2D eigenvalue weighted by molar-refractivity contribution is -0.143. The SMILES string of the molecule is CC(C)COC(=O)C(C)S(=O)(=O)Cc1ccc(N)cc1. The molecule has 0 fully saturated rings. The molecular formula is C14H21NO4S. The molecule has 112 valence electrons. The van der Waals surface area contributed by atoms with Crippen molar-refractivity contribution in [3.05, 3.63) is 29.8 Å². The standard InChI is InChI=1S/C14H21NO4S/c1-10(2)8-19-14(16)11(3)20(17,18)9-12-4-6-13(15)7-5-12/h4-7,10-11H,8-9,15H2,1-3H3. The van der Waals surface area contributed by atoms with Crippen LogP contribution in [0.4, 0.5) is 5.69 Å². The third kappa shape index (κ3) is 4.85. The van der Waals surface area contributed by atoms with Crippen LogP contribution in [0.15, 0.2) is 24.3 Å². The van der Waals surface area contributed by atoms with Crippen molar-refractivity contribution in [2.45, 2.75) is 31.8 Å². The maximum absolute atomic E-state index is 12.1. The van der Waals surface area contributed by atoms with Gasteiger partial charge in [-0.2, -0.15) is 0 Å². The van der Waals surface area contributed by atoms with Crippen LogP contribution in [-0.4, -0.2) is 26.2 Å². The summed E-state index contributed by atoms with van der Waals surface area (Å²) in [6, 6.07) is 6.54. The molecule has 0 aliphatic carbocycles. The predicted molar refractivity (Wildman–Crippen MR) is 78.7 cm³/mol. The van der Waals surface area contributed by atoms with E-state index in [4.69, 9.17) is 10.5 Å². The molecule has 0 bridgehead atoms. The number of anilines is 1. The first kappa shape index (κ1) is 16.5. The van der Waals surface area contributed by atoms with Crippen molar-refractivity contribution in [3.63, 3.8) is 0 Å². The predicted octanol–water partition coefficient (Wildman–Crippen LogP) is 1.77. The fraction of sp³-hybridized carbons (Fsp3) is 0.500. The van der Waals surface area contributed by atoms with Crippen LogP contribution in [0.25, 0.3) is 0 Å². The van der Waals surface area contributed by atoms with Gasteiger partial charge in [-0.3, -0.25) is 4.79 Å². The molecule has 0 aliphatic rings. The quantitative estimate of drug-likeness (QED) is 0.639. The highest BCUT2D eigenvalue weighted by atomic mass is 32.2. The Morgan fingerprint density at radius 3 is 2.25 bits per heavy atom. The molecule has 1 rings (SSSR count). The maximum Gasteiger partial charge on any atom is 0.324 e. The van der Waals surface area contributed by atoms with E-state index in [1.54, 1.807) is 24.3 Å². The first-order chi connectivity index (χ1) is 9.22. The summed E-state index contributed by atoms with van der Waals surface area (Å²) in [6.45, 7) is 5.36. The molecule has 0 radical (unpaired) electrons. The van der Waals surface area contributed by atoms with E-state index in [0.29, 0.717) is 11.3 Å². The molecule has 1 unspecified atom stereocenters. The number of hydrogen-bond donors (Lipinski definition) is 1. The average molecular weight is 299 g/mol. The highest BCUT2D eigenvalue weighted by Gasteiger charge is 2.29. The molecule has 0 saturated heterocycles. The van der Waals surface area contributed by atoms with E-state index in [1.165, 1.54) is 6.92 Å². The van der Waals surface area contributed by atoms with Crippen molar-refractivity contribution in [3.8, 4) is 0 Å². The van der Waals surface area contributed by atoms with Crippen LogP contribution in [0.3, 0.4) is 0 Å². The van der Waals surface area contributed by atoms with E-state index in [9.17, 15) is 13.2 Å². The van der Waals surface area contributed by atoms with Crippen LogP contribution in [0, 0.1) is 5.92 Å². The molecule has 0 aliphatic heterocycles. The number of nitrogens with two attached hydrogens (primary N) is 1. The first-order valence-corrected chi connectivity index (χ1v) is 8.16. The molecule has 5 nitrogen and oxygen atoms in total. The molecule has 1 aromatic rings. The van der Waals surface area contributed by atoms with E-state index in [2.05, 4.69) is 0 Å². The minimum absolute atomic E-state index is 0.172. The van der Waals surface area contributed by atoms with E-state index in [0.717, 1.165) is 0 Å². The Hall–Kier alpha value is -1.56. The Bertz CT molecular complexity index is 549. The monoisotopic (exact) mass is 299 g/mol. The zero-order valence-electron chi connectivity index (χ0n) is 12.0. The normalized spacial score (nSPS) is 13.2. The van der Waals surface area contributed by atoms with Crippen LogP contribution in [-0.2, 0) is 25.1 Å². The molecule has 0 aromatic heterocycles. The van der Waals surface area contributed by atoms with Crippen molar-refractivity contribution in [1.29, 1.82) is 0 Å². The zero-order chi connectivity index (χ0) is 15.3. The average Bonchev–Trinajstić information content (AvgIpc) is 2.37. The van der Waals surface area contributed by atoms with Gasteiger partial charge in [-0.15, -0.1) is 0 Å². The highest BCUT2D eigenvalue weighted by Crippen LogP contribution is 2.14. The molecule has 0 saturated carbocycles. The van der Waals surface area contributed by atoms with E-state index in [-0.39, 0.29) is 18.3 Å². The zero-order valence-corrected chi connectivity index (χ0v) is 12.8. The first-order valence-electron chi connectivity index (χ1n) is 6.45. The number of sulfone groups is 1. The summed E-state index contributed by atoms with van der Waals surface area (Å²) >= 11 is 0. The lowest BCUT2D eigenvalue weighted by atomic mass is 10.2. The van der Waals surface area contributed by atoms with Crippen molar-refractivity contribution < 1.29 is 17.9 Å². The number of carbonyl (C=O) groups excluding carboxylic acids is 1. The molecule has 0 amide bonds. The summed E-state index contributed by atoms with van der Waals surface area (Å²) in [6.07, 6.45) is 0. The topological polar surface area (TPSA) is 86.5 Å². The Labute approximate surface area is 120 Å². The van der Waals surface area contributed by atoms with Gasteiger partial charge in [0.05, 0.1) is 12.4 Å². The van der Waals surface area contributed by atoms with Crippen LogP contribution >= 0.6 is 0 Å². The van der Waals surface area contributed by atoms with E-state index >= 15 is 0 Å². The molecule has 6 heteroatoms. The van der Waals surface area contributed by atoms with E-state index < -0.39 is 21.1 Å². The van der Waals surface area contributed by atoms with Crippen molar-refractivity contribution in [2.24, 2.45) is 5.92 Å². The van der Waals surface area contributed by atoms with Gasteiger partial charge < -0.3 is 10.5 Å². The Morgan fingerprint density at radius 1 is 1.20 bits per heavy atom. The lowest BCUT2D eigenvalue weighted by Crippen LogP contribution is -2.31. The molecule has 20 heavy (non-hydrogen) atoms. The van der Waals surface area contributed by atoms with Crippen molar-refractivity contribution in [1.82, 2.24) is 0 Å². The smallest absolute Gasteiger partial charge is 0.324 e. The number of carbonyl (C=O) groups is 1. The van der Waals surface area contributed by atoms with Gasteiger partial charge in [-0.1, -0.05) is 26.0 Å². The molecule has 0 heterocycles. The van der Waals surface area contributed by atoms with Gasteiger partial charge in [0, 0.05) is 5.69 Å². The van der Waals surface area contributed by atoms with Gasteiger partial charge >= 0.3 is 5.97 Å². The van der Waals surface area contributed by atoms with E-state index in [1.807, 2.05) is 13.8 Å². The summed E-state index contributed by atoms with van der Waals surface area (Å²) in [5.41, 5.74) is 6.71. The summed E-state index contributed by atoms with van der Waals surface area (Å²) in [5.74, 6) is -0.731. The van der Waals surface area contributed by atoms with Gasteiger partial charge in [-0.05, 0) is 30.5 Å². The van der Waals surface area contributed by atoms with Crippen molar-refractivity contribution >= 4 is 21.5 Å². The van der Waals surface area contributed by atoms with Crippen LogP contribution < -0.4 is 5.73 Å². The van der Waals surface area contributed by atoms with Gasteiger partial charge in [-0.25, -0.2) is 8.42 Å². The number of hydrogen-bond acceptors (Lipinski definition) is 5. The maximum atomic E-state index is 12.1. The third-order valence-electron chi connectivity index (χ3n) is 2.78. The summed E-state index contributed by atoms with van der Waals surface area (Å²) in [5, 5.41) is -1.17. The van der Waals surface area contributed by atoms with Gasteiger partial charge in [0.25, 0.3) is 0 Å². The Balaban J connectivity index is 2.72. The molecular weight excluding hydrogens is 278 g/mol. The Morgan fingerprint density at radius 2 is 1.75 bits per heavy atom. The summed E-state index contributed by atoms with van der Waals surface area (Å²) in [7, 11) is -3.59. The molecule has 2 N–H and O–H groups in total. The molecule has 1 aromatic carbocycles. The van der Waals surface area contributed by atoms with Crippen LogP contribution in [0.5, 0.6) is 0 Å². The number of nitrogen functional groups attached to an aromatic ring is 1. The van der Waals surface area contributed by atoms with Gasteiger partial charge in [0.1, 0.15) is 0 Å². The number of esters is 1. The minimum Gasteiger partial charge on any atom is -0.464 e. The summed E-state index contributed by atoms with van der Waals surface area (Å²) in [4.78, 5) is 11.7. The minimum atomic E-state index is -3.59.